The highest BCUT2D eigenvalue weighted by atomic mass is 19.2. The molecule has 0 bridgehead atoms. The Labute approximate surface area is 190 Å². The molecule has 2 aliphatic heterocycles. The Morgan fingerprint density at radius 3 is 2.61 bits per heavy atom. The predicted molar refractivity (Wildman–Crippen MR) is 120 cm³/mol. The van der Waals surface area contributed by atoms with Crippen LogP contribution in [0.15, 0.2) is 65.9 Å². The molecule has 0 radical (unpaired) electrons. The maximum Gasteiger partial charge on any atom is 0.338 e. The van der Waals surface area contributed by atoms with Gasteiger partial charge >= 0.3 is 12.0 Å². The Balaban J connectivity index is 1.62. The van der Waals surface area contributed by atoms with E-state index in [1.165, 1.54) is 17.2 Å². The van der Waals surface area contributed by atoms with E-state index in [1.807, 2.05) is 18.2 Å². The summed E-state index contributed by atoms with van der Waals surface area (Å²) in [5.74, 6) is -2.68. The van der Waals surface area contributed by atoms with E-state index in [4.69, 9.17) is 4.74 Å². The van der Waals surface area contributed by atoms with Gasteiger partial charge in [0.1, 0.15) is 0 Å². The summed E-state index contributed by atoms with van der Waals surface area (Å²) in [6, 6.07) is 12.0. The minimum absolute atomic E-state index is 0.140. The van der Waals surface area contributed by atoms with Gasteiger partial charge in [-0.25, -0.2) is 18.4 Å². The topological polar surface area (TPSA) is 70.7 Å². The standard InChI is InChI=1S/C25H25F2N3O3/c1-2-33-24(31)22-21(15-30-12-10-17(11-13-30)16-6-4-3-5-7-16)28-25(32)29-23(22)18-8-9-19(26)20(27)14-18/h3-10,14,23H,2,11-13,15H2,1H3,(H2,28,29,32). The Hall–Kier alpha value is -3.52. The average molecular weight is 453 g/mol. The van der Waals surface area contributed by atoms with Crippen molar-refractivity contribution in [3.05, 3.63) is 88.6 Å². The number of carbonyl (C=O) groups is 2. The number of carbonyl (C=O) groups excluding carboxylic acids is 2. The summed E-state index contributed by atoms with van der Waals surface area (Å²) in [7, 11) is 0. The molecule has 0 saturated carbocycles. The molecule has 2 N–H and O–H groups in total. The van der Waals surface area contributed by atoms with Gasteiger partial charge in [-0.15, -0.1) is 0 Å². The Morgan fingerprint density at radius 1 is 1.15 bits per heavy atom. The third-order valence-electron chi connectivity index (χ3n) is 5.75. The van der Waals surface area contributed by atoms with Gasteiger partial charge < -0.3 is 15.4 Å². The number of nitrogens with one attached hydrogen (secondary N) is 2. The largest absolute Gasteiger partial charge is 0.463 e. The maximum atomic E-state index is 13.9. The van der Waals surface area contributed by atoms with Crippen LogP contribution in [0, 0.1) is 11.6 Å². The fourth-order valence-corrected chi connectivity index (χ4v) is 4.13. The molecule has 2 aromatic carbocycles. The molecule has 4 rings (SSSR count). The van der Waals surface area contributed by atoms with Crippen molar-refractivity contribution >= 4 is 17.6 Å². The van der Waals surface area contributed by atoms with Crippen molar-refractivity contribution in [3.63, 3.8) is 0 Å². The second-order valence-electron chi connectivity index (χ2n) is 7.90. The Kier molecular flexibility index (Phi) is 6.84. The van der Waals surface area contributed by atoms with Crippen LogP contribution in [0.1, 0.15) is 30.5 Å². The van der Waals surface area contributed by atoms with Gasteiger partial charge in [0.2, 0.25) is 0 Å². The molecule has 2 amide bonds. The predicted octanol–water partition coefficient (Wildman–Crippen LogP) is 3.93. The molecule has 0 aliphatic carbocycles. The fraction of sp³-hybridized carbons (Fsp3) is 0.280. The van der Waals surface area contributed by atoms with E-state index in [1.54, 1.807) is 6.92 Å². The summed E-state index contributed by atoms with van der Waals surface area (Å²) in [5.41, 5.74) is 3.26. The first-order chi connectivity index (χ1) is 16.0. The van der Waals surface area contributed by atoms with Crippen molar-refractivity contribution in [1.82, 2.24) is 15.5 Å². The normalized spacial score (nSPS) is 18.9. The maximum absolute atomic E-state index is 13.9. The first kappa shape index (κ1) is 22.7. The highest BCUT2D eigenvalue weighted by Gasteiger charge is 2.34. The van der Waals surface area contributed by atoms with Crippen LogP contribution >= 0.6 is 0 Å². The zero-order valence-corrected chi connectivity index (χ0v) is 18.2. The quantitative estimate of drug-likeness (QED) is 0.651. The van der Waals surface area contributed by atoms with Crippen molar-refractivity contribution in [1.29, 1.82) is 0 Å². The van der Waals surface area contributed by atoms with Crippen molar-refractivity contribution in [2.45, 2.75) is 19.4 Å². The van der Waals surface area contributed by atoms with E-state index in [2.05, 4.69) is 33.7 Å². The van der Waals surface area contributed by atoms with E-state index < -0.39 is 29.7 Å². The molecule has 0 saturated heterocycles. The zero-order chi connectivity index (χ0) is 23.4. The number of amides is 2. The van der Waals surface area contributed by atoms with E-state index in [-0.39, 0.29) is 17.7 Å². The number of rotatable bonds is 6. The Morgan fingerprint density at radius 2 is 1.94 bits per heavy atom. The van der Waals surface area contributed by atoms with Crippen LogP contribution in [0.5, 0.6) is 0 Å². The number of urea groups is 1. The molecule has 8 heteroatoms. The molecule has 172 valence electrons. The third-order valence-corrected chi connectivity index (χ3v) is 5.75. The minimum Gasteiger partial charge on any atom is -0.463 e. The molecule has 6 nitrogen and oxygen atoms in total. The number of halogens is 2. The molecule has 2 heterocycles. The van der Waals surface area contributed by atoms with E-state index in [0.29, 0.717) is 18.8 Å². The lowest BCUT2D eigenvalue weighted by atomic mass is 9.94. The van der Waals surface area contributed by atoms with Crippen LogP contribution < -0.4 is 10.6 Å². The molecular weight excluding hydrogens is 428 g/mol. The lowest BCUT2D eigenvalue weighted by Gasteiger charge is -2.33. The molecule has 0 aromatic heterocycles. The first-order valence-corrected chi connectivity index (χ1v) is 10.9. The number of nitrogens with zero attached hydrogens (tertiary/aromatic N) is 1. The molecule has 0 fully saturated rings. The molecule has 2 aromatic rings. The third kappa shape index (κ3) is 5.12. The molecule has 1 atom stereocenters. The van der Waals surface area contributed by atoms with Crippen LogP contribution in [0.2, 0.25) is 0 Å². The van der Waals surface area contributed by atoms with Crippen LogP contribution in [0.3, 0.4) is 0 Å². The summed E-state index contributed by atoms with van der Waals surface area (Å²) in [6.07, 6.45) is 2.96. The highest BCUT2D eigenvalue weighted by molar-refractivity contribution is 5.95. The van der Waals surface area contributed by atoms with Crippen LogP contribution in [0.4, 0.5) is 13.6 Å². The van der Waals surface area contributed by atoms with Crippen LogP contribution in [0.25, 0.3) is 5.57 Å². The Bertz CT molecular complexity index is 1120. The summed E-state index contributed by atoms with van der Waals surface area (Å²) in [4.78, 5) is 27.4. The lowest BCUT2D eigenvalue weighted by molar-refractivity contribution is -0.139. The number of hydrogen-bond acceptors (Lipinski definition) is 4. The summed E-state index contributed by atoms with van der Waals surface area (Å²) < 4.78 is 32.6. The van der Waals surface area contributed by atoms with Gasteiger partial charge in [0.15, 0.2) is 11.6 Å². The van der Waals surface area contributed by atoms with Crippen molar-refractivity contribution in [2.24, 2.45) is 0 Å². The lowest BCUT2D eigenvalue weighted by Crippen LogP contribution is -2.48. The fourth-order valence-electron chi connectivity index (χ4n) is 4.13. The van der Waals surface area contributed by atoms with Crippen LogP contribution in [-0.4, -0.2) is 43.1 Å². The summed E-state index contributed by atoms with van der Waals surface area (Å²) in [5, 5.41) is 5.36. The van der Waals surface area contributed by atoms with Crippen molar-refractivity contribution < 1.29 is 23.1 Å². The summed E-state index contributed by atoms with van der Waals surface area (Å²) in [6.45, 7) is 3.50. The van der Waals surface area contributed by atoms with Gasteiger partial charge in [-0.3, -0.25) is 4.90 Å². The second-order valence-corrected chi connectivity index (χ2v) is 7.90. The van der Waals surface area contributed by atoms with Gasteiger partial charge in [-0.2, -0.15) is 0 Å². The highest BCUT2D eigenvalue weighted by Crippen LogP contribution is 2.30. The number of hydrogen-bond donors (Lipinski definition) is 2. The second kappa shape index (κ2) is 9.95. The van der Waals surface area contributed by atoms with Gasteiger partial charge in [0.05, 0.1) is 18.2 Å². The molecule has 33 heavy (non-hydrogen) atoms. The number of ether oxygens (including phenoxy) is 1. The monoisotopic (exact) mass is 453 g/mol. The van der Waals surface area contributed by atoms with Gasteiger partial charge in [-0.1, -0.05) is 42.5 Å². The van der Waals surface area contributed by atoms with Crippen LogP contribution in [-0.2, 0) is 9.53 Å². The molecule has 1 unspecified atom stereocenters. The smallest absolute Gasteiger partial charge is 0.338 e. The van der Waals surface area contributed by atoms with Crippen molar-refractivity contribution in [2.75, 3.05) is 26.2 Å². The van der Waals surface area contributed by atoms with Gasteiger partial charge in [0.25, 0.3) is 0 Å². The SMILES string of the molecule is CCOC(=O)C1=C(CN2CC=C(c3ccccc3)CC2)NC(=O)NC1c1ccc(F)c(F)c1. The average Bonchev–Trinajstić information content (AvgIpc) is 2.81. The van der Waals surface area contributed by atoms with E-state index in [0.717, 1.165) is 25.1 Å². The van der Waals surface area contributed by atoms with Gasteiger partial charge in [-0.05, 0) is 42.2 Å². The van der Waals surface area contributed by atoms with Crippen molar-refractivity contribution in [3.8, 4) is 0 Å². The molecule has 0 spiro atoms. The number of benzene rings is 2. The molecule has 2 aliphatic rings. The zero-order valence-electron chi connectivity index (χ0n) is 18.2. The molecular formula is C25H25F2N3O3. The first-order valence-electron chi connectivity index (χ1n) is 10.9. The summed E-state index contributed by atoms with van der Waals surface area (Å²) >= 11 is 0. The minimum atomic E-state index is -1.06. The number of esters is 1. The van der Waals surface area contributed by atoms with Gasteiger partial charge in [0, 0.05) is 25.3 Å². The van der Waals surface area contributed by atoms with E-state index in [9.17, 15) is 18.4 Å². The van der Waals surface area contributed by atoms with E-state index >= 15 is 0 Å².